The first-order valence-electron chi connectivity index (χ1n) is 6.02. The highest BCUT2D eigenvalue weighted by molar-refractivity contribution is 9.10. The Balaban J connectivity index is 2.24. The molecule has 4 nitrogen and oxygen atoms in total. The van der Waals surface area contributed by atoms with Crippen LogP contribution in [0.5, 0.6) is 0 Å². The first kappa shape index (κ1) is 14.0. The van der Waals surface area contributed by atoms with Gasteiger partial charge in [0.2, 0.25) is 5.91 Å². The molecule has 0 radical (unpaired) electrons. The monoisotopic (exact) mass is 322 g/mol. The summed E-state index contributed by atoms with van der Waals surface area (Å²) in [5.74, 6) is -0.187. The van der Waals surface area contributed by atoms with Crippen molar-refractivity contribution in [3.05, 3.63) is 35.1 Å². The Morgan fingerprint density at radius 2 is 2.16 bits per heavy atom. The molecule has 0 spiro atoms. The van der Waals surface area contributed by atoms with E-state index >= 15 is 0 Å². The second kappa shape index (κ2) is 6.12. The summed E-state index contributed by atoms with van der Waals surface area (Å²) in [6.07, 6.45) is 1.79. The molecule has 100 valence electrons. The second-order valence-electron chi connectivity index (χ2n) is 4.42. The summed E-state index contributed by atoms with van der Waals surface area (Å²) in [6.45, 7) is 3.82. The molecule has 0 bridgehead atoms. The number of rotatable bonds is 4. The van der Waals surface area contributed by atoms with Gasteiger partial charge in [-0.3, -0.25) is 4.79 Å². The Morgan fingerprint density at radius 3 is 2.89 bits per heavy atom. The van der Waals surface area contributed by atoms with Crippen LogP contribution in [-0.4, -0.2) is 23.6 Å². The van der Waals surface area contributed by atoms with Crippen molar-refractivity contribution < 1.29 is 9.53 Å². The molecule has 0 atom stereocenters. The molecule has 1 N–H and O–H groups in total. The average molecular weight is 323 g/mol. The van der Waals surface area contributed by atoms with E-state index in [1.54, 1.807) is 6.20 Å². The summed E-state index contributed by atoms with van der Waals surface area (Å²) >= 11 is 3.36. The first-order valence-corrected chi connectivity index (χ1v) is 6.82. The number of amides is 1. The van der Waals surface area contributed by atoms with Crippen molar-refractivity contribution in [3.63, 3.8) is 0 Å². The zero-order valence-electron chi connectivity index (χ0n) is 10.8. The predicted octanol–water partition coefficient (Wildman–Crippen LogP) is 3.36. The molecule has 0 unspecified atom stereocenters. The van der Waals surface area contributed by atoms with Gasteiger partial charge >= 0.3 is 0 Å². The lowest BCUT2D eigenvalue weighted by molar-refractivity contribution is -0.121. The summed E-state index contributed by atoms with van der Waals surface area (Å²) in [6, 6.07) is 7.76. The summed E-state index contributed by atoms with van der Waals surface area (Å²) in [7, 11) is 0. The van der Waals surface area contributed by atoms with Crippen molar-refractivity contribution in [1.82, 2.24) is 4.98 Å². The number of nitrogens with zero attached hydrogens (tertiary/aromatic N) is 1. The van der Waals surface area contributed by atoms with Gasteiger partial charge < -0.3 is 10.1 Å². The van der Waals surface area contributed by atoms with E-state index in [0.29, 0.717) is 10.3 Å². The number of aromatic nitrogens is 1. The van der Waals surface area contributed by atoms with Gasteiger partial charge in [0, 0.05) is 17.0 Å². The zero-order valence-corrected chi connectivity index (χ0v) is 12.4. The van der Waals surface area contributed by atoms with Gasteiger partial charge in [-0.2, -0.15) is 0 Å². The number of ether oxygens (including phenoxy) is 1. The molecule has 0 aliphatic rings. The van der Waals surface area contributed by atoms with Gasteiger partial charge in [0.25, 0.3) is 0 Å². The molecule has 19 heavy (non-hydrogen) atoms. The van der Waals surface area contributed by atoms with Crippen LogP contribution in [0.2, 0.25) is 0 Å². The van der Waals surface area contributed by atoms with Crippen LogP contribution < -0.4 is 5.32 Å². The number of pyridine rings is 1. The lowest BCUT2D eigenvalue weighted by Gasteiger charge is -2.11. The Morgan fingerprint density at radius 1 is 1.42 bits per heavy atom. The van der Waals surface area contributed by atoms with Crippen molar-refractivity contribution in [3.8, 4) is 0 Å². The average Bonchev–Trinajstić information content (AvgIpc) is 2.40. The largest absolute Gasteiger partial charge is 0.369 e. The van der Waals surface area contributed by atoms with Crippen LogP contribution in [0, 0.1) is 0 Å². The number of hydrogen-bond acceptors (Lipinski definition) is 3. The lowest BCUT2D eigenvalue weighted by atomic mass is 10.1. The Bertz CT molecular complexity index is 599. The molecule has 0 aliphatic carbocycles. The molecule has 1 aromatic carbocycles. The minimum Gasteiger partial charge on any atom is -0.369 e. The van der Waals surface area contributed by atoms with Gasteiger partial charge in [0.05, 0.1) is 11.8 Å². The molecule has 5 heteroatoms. The zero-order chi connectivity index (χ0) is 13.8. The van der Waals surface area contributed by atoms with Crippen molar-refractivity contribution in [2.75, 3.05) is 11.9 Å². The van der Waals surface area contributed by atoms with Gasteiger partial charge in [0.1, 0.15) is 11.2 Å². The molecular formula is C14H15BrN2O2. The summed E-state index contributed by atoms with van der Waals surface area (Å²) in [4.78, 5) is 16.0. The fraction of sp³-hybridized carbons (Fsp3) is 0.286. The van der Waals surface area contributed by atoms with Crippen LogP contribution in [0.1, 0.15) is 13.8 Å². The summed E-state index contributed by atoms with van der Waals surface area (Å²) < 4.78 is 5.89. The fourth-order valence-electron chi connectivity index (χ4n) is 1.68. The van der Waals surface area contributed by atoms with Crippen molar-refractivity contribution in [2.45, 2.75) is 20.0 Å². The highest BCUT2D eigenvalue weighted by Crippen LogP contribution is 2.29. The standard InChI is InChI=1S/C14H15BrN2O2/c1-9(2)19-8-12(18)17-13-11-6-4-3-5-10(11)7-16-14(13)15/h3-7,9H,8H2,1-2H3,(H,17,18). The van der Waals surface area contributed by atoms with Gasteiger partial charge in [-0.05, 0) is 29.8 Å². The van der Waals surface area contributed by atoms with Gasteiger partial charge in [-0.1, -0.05) is 24.3 Å². The van der Waals surface area contributed by atoms with Crippen LogP contribution >= 0.6 is 15.9 Å². The van der Waals surface area contributed by atoms with Crippen LogP contribution in [-0.2, 0) is 9.53 Å². The number of nitrogens with one attached hydrogen (secondary N) is 1. The van der Waals surface area contributed by atoms with Crippen molar-refractivity contribution in [2.24, 2.45) is 0 Å². The van der Waals surface area contributed by atoms with Gasteiger partial charge in [-0.15, -0.1) is 0 Å². The molecule has 1 heterocycles. The van der Waals surface area contributed by atoms with Crippen LogP contribution in [0.4, 0.5) is 5.69 Å². The first-order chi connectivity index (χ1) is 9.08. The minimum atomic E-state index is -0.187. The van der Waals surface area contributed by atoms with E-state index in [1.807, 2.05) is 38.1 Å². The van der Waals surface area contributed by atoms with Crippen molar-refractivity contribution in [1.29, 1.82) is 0 Å². The van der Waals surface area contributed by atoms with E-state index < -0.39 is 0 Å². The number of carbonyl (C=O) groups is 1. The van der Waals surface area contributed by atoms with Gasteiger partial charge in [0.15, 0.2) is 0 Å². The number of anilines is 1. The summed E-state index contributed by atoms with van der Waals surface area (Å²) in [5.41, 5.74) is 0.676. The van der Waals surface area contributed by atoms with Crippen molar-refractivity contribution >= 4 is 38.3 Å². The van der Waals surface area contributed by atoms with E-state index in [2.05, 4.69) is 26.2 Å². The number of fused-ring (bicyclic) bond motifs is 1. The van der Waals surface area contributed by atoms with Crippen LogP contribution in [0.25, 0.3) is 10.8 Å². The minimum absolute atomic E-state index is 0.0276. The van der Waals surface area contributed by atoms with E-state index in [1.165, 1.54) is 0 Å². The molecule has 1 amide bonds. The third-order valence-corrected chi connectivity index (χ3v) is 3.17. The number of hydrogen-bond donors (Lipinski definition) is 1. The highest BCUT2D eigenvalue weighted by Gasteiger charge is 2.11. The molecular weight excluding hydrogens is 308 g/mol. The second-order valence-corrected chi connectivity index (χ2v) is 5.17. The Kier molecular flexibility index (Phi) is 4.50. The predicted molar refractivity (Wildman–Crippen MR) is 79.2 cm³/mol. The quantitative estimate of drug-likeness (QED) is 0.878. The summed E-state index contributed by atoms with van der Waals surface area (Å²) in [5, 5.41) is 4.76. The molecule has 1 aromatic heterocycles. The maximum Gasteiger partial charge on any atom is 0.250 e. The molecule has 0 saturated carbocycles. The van der Waals surface area contributed by atoms with E-state index in [-0.39, 0.29) is 18.6 Å². The van der Waals surface area contributed by atoms with Gasteiger partial charge in [-0.25, -0.2) is 4.98 Å². The van der Waals surface area contributed by atoms with E-state index in [4.69, 9.17) is 4.74 Å². The Labute approximate surface area is 120 Å². The van der Waals surface area contributed by atoms with Crippen LogP contribution in [0.15, 0.2) is 35.1 Å². The maximum atomic E-state index is 11.8. The highest BCUT2D eigenvalue weighted by atomic mass is 79.9. The third kappa shape index (κ3) is 3.52. The maximum absolute atomic E-state index is 11.8. The Hall–Kier alpha value is -1.46. The molecule has 0 aliphatic heterocycles. The van der Waals surface area contributed by atoms with Crippen LogP contribution in [0.3, 0.4) is 0 Å². The number of halogens is 1. The lowest BCUT2D eigenvalue weighted by Crippen LogP contribution is -2.21. The fourth-order valence-corrected chi connectivity index (χ4v) is 2.09. The number of carbonyl (C=O) groups excluding carboxylic acids is 1. The van der Waals surface area contributed by atoms with E-state index in [9.17, 15) is 4.79 Å². The molecule has 0 saturated heterocycles. The molecule has 0 fully saturated rings. The van der Waals surface area contributed by atoms with E-state index in [0.717, 1.165) is 10.8 Å². The third-order valence-electron chi connectivity index (χ3n) is 2.57. The molecule has 2 aromatic rings. The number of benzene rings is 1. The molecule has 2 rings (SSSR count). The normalized spacial score (nSPS) is 10.9. The smallest absolute Gasteiger partial charge is 0.250 e. The SMILES string of the molecule is CC(C)OCC(=O)Nc1c(Br)ncc2ccccc12. The topological polar surface area (TPSA) is 51.2 Å².